The van der Waals surface area contributed by atoms with Gasteiger partial charge in [0.25, 0.3) is 10.0 Å². The molecule has 1 aliphatic heterocycles. The SMILES string of the molecule is Cc1noc(C)c1S(=O)(=O)Nc1cnn(CC2COc3ccccc3O2)c1. The van der Waals surface area contributed by atoms with Crippen molar-refractivity contribution in [2.75, 3.05) is 11.3 Å². The first-order valence-electron chi connectivity index (χ1n) is 8.29. The molecule has 0 radical (unpaired) electrons. The number of aryl methyl sites for hydroxylation is 2. The van der Waals surface area contributed by atoms with Crippen LogP contribution in [0.4, 0.5) is 5.69 Å². The molecule has 9 nitrogen and oxygen atoms in total. The molecule has 10 heteroatoms. The molecule has 0 saturated carbocycles. The molecule has 0 saturated heterocycles. The van der Waals surface area contributed by atoms with Crippen molar-refractivity contribution in [3.05, 3.63) is 48.1 Å². The molecule has 2 aromatic heterocycles. The fourth-order valence-corrected chi connectivity index (χ4v) is 4.30. The summed E-state index contributed by atoms with van der Waals surface area (Å²) in [4.78, 5) is 0.0378. The number of benzene rings is 1. The predicted octanol–water partition coefficient (Wildman–Crippen LogP) is 2.13. The smallest absolute Gasteiger partial charge is 0.267 e. The molecule has 1 aromatic carbocycles. The van der Waals surface area contributed by atoms with Gasteiger partial charge >= 0.3 is 0 Å². The van der Waals surface area contributed by atoms with Crippen molar-refractivity contribution >= 4 is 15.7 Å². The van der Waals surface area contributed by atoms with Gasteiger partial charge in [0.15, 0.2) is 28.3 Å². The van der Waals surface area contributed by atoms with Gasteiger partial charge in [0.05, 0.1) is 18.4 Å². The van der Waals surface area contributed by atoms with Crippen LogP contribution in [-0.4, -0.2) is 36.1 Å². The van der Waals surface area contributed by atoms with E-state index in [0.717, 1.165) is 0 Å². The lowest BCUT2D eigenvalue weighted by atomic mass is 10.2. The Morgan fingerprint density at radius 1 is 1.26 bits per heavy atom. The maximum atomic E-state index is 12.5. The summed E-state index contributed by atoms with van der Waals surface area (Å²) >= 11 is 0. The monoisotopic (exact) mass is 390 g/mol. The number of nitrogens with zero attached hydrogens (tertiary/aromatic N) is 3. The summed E-state index contributed by atoms with van der Waals surface area (Å²) in [7, 11) is -3.81. The third-order valence-corrected chi connectivity index (χ3v) is 5.71. The van der Waals surface area contributed by atoms with Gasteiger partial charge in [-0.1, -0.05) is 17.3 Å². The number of aromatic nitrogens is 3. The van der Waals surface area contributed by atoms with Crippen LogP contribution in [0.15, 0.2) is 46.1 Å². The molecule has 0 spiro atoms. The lowest BCUT2D eigenvalue weighted by Gasteiger charge is -2.26. The summed E-state index contributed by atoms with van der Waals surface area (Å²) < 4.78 is 45.7. The van der Waals surface area contributed by atoms with Crippen LogP contribution < -0.4 is 14.2 Å². The molecule has 0 fully saturated rings. The van der Waals surface area contributed by atoms with Crippen LogP contribution in [0.5, 0.6) is 11.5 Å². The van der Waals surface area contributed by atoms with Gasteiger partial charge in [-0.05, 0) is 26.0 Å². The van der Waals surface area contributed by atoms with E-state index in [1.165, 1.54) is 6.20 Å². The van der Waals surface area contributed by atoms with Crippen LogP contribution in [0.2, 0.25) is 0 Å². The van der Waals surface area contributed by atoms with Gasteiger partial charge in [-0.15, -0.1) is 0 Å². The van der Waals surface area contributed by atoms with E-state index in [9.17, 15) is 8.42 Å². The molecule has 3 heterocycles. The molecule has 0 aliphatic carbocycles. The van der Waals surface area contributed by atoms with E-state index in [0.29, 0.717) is 36.0 Å². The lowest BCUT2D eigenvalue weighted by Crippen LogP contribution is -2.33. The van der Waals surface area contributed by atoms with Gasteiger partial charge in [-0.3, -0.25) is 9.40 Å². The average molecular weight is 390 g/mol. The van der Waals surface area contributed by atoms with Crippen LogP contribution in [-0.2, 0) is 16.6 Å². The first-order valence-corrected chi connectivity index (χ1v) is 9.77. The number of anilines is 1. The molecule has 142 valence electrons. The Labute approximate surface area is 155 Å². The van der Waals surface area contributed by atoms with E-state index in [4.69, 9.17) is 14.0 Å². The second-order valence-corrected chi connectivity index (χ2v) is 7.83. The van der Waals surface area contributed by atoms with E-state index in [2.05, 4.69) is 15.0 Å². The summed E-state index contributed by atoms with van der Waals surface area (Å²) in [5.41, 5.74) is 0.644. The molecule has 0 amide bonds. The largest absolute Gasteiger partial charge is 0.486 e. The average Bonchev–Trinajstić information content (AvgIpc) is 3.20. The maximum Gasteiger partial charge on any atom is 0.267 e. The number of hydrogen-bond acceptors (Lipinski definition) is 7. The van der Waals surface area contributed by atoms with E-state index in [1.54, 1.807) is 24.7 Å². The summed E-state index contributed by atoms with van der Waals surface area (Å²) in [6.45, 7) is 3.93. The summed E-state index contributed by atoms with van der Waals surface area (Å²) in [5.74, 6) is 1.63. The zero-order chi connectivity index (χ0) is 19.0. The molecular formula is C17H18N4O5S. The molecule has 4 rings (SSSR count). The molecular weight excluding hydrogens is 372 g/mol. The van der Waals surface area contributed by atoms with Crippen molar-refractivity contribution in [1.29, 1.82) is 0 Å². The van der Waals surface area contributed by atoms with Crippen LogP contribution in [0.25, 0.3) is 0 Å². The van der Waals surface area contributed by atoms with Crippen LogP contribution >= 0.6 is 0 Å². The van der Waals surface area contributed by atoms with Gasteiger partial charge in [-0.2, -0.15) is 5.10 Å². The Morgan fingerprint density at radius 2 is 2.04 bits per heavy atom. The van der Waals surface area contributed by atoms with Crippen molar-refractivity contribution in [3.63, 3.8) is 0 Å². The third kappa shape index (κ3) is 3.47. The van der Waals surface area contributed by atoms with Gasteiger partial charge in [0.1, 0.15) is 12.3 Å². The minimum absolute atomic E-state index is 0.0378. The van der Waals surface area contributed by atoms with Crippen molar-refractivity contribution in [3.8, 4) is 11.5 Å². The van der Waals surface area contributed by atoms with Gasteiger partial charge in [-0.25, -0.2) is 8.42 Å². The second-order valence-electron chi connectivity index (χ2n) is 6.21. The van der Waals surface area contributed by atoms with Crippen molar-refractivity contribution in [1.82, 2.24) is 14.9 Å². The molecule has 3 aromatic rings. The van der Waals surface area contributed by atoms with Gasteiger partial charge < -0.3 is 14.0 Å². The first-order chi connectivity index (χ1) is 12.9. The fourth-order valence-electron chi connectivity index (χ4n) is 2.94. The quantitative estimate of drug-likeness (QED) is 0.711. The Morgan fingerprint density at radius 3 is 2.78 bits per heavy atom. The Hall–Kier alpha value is -3.01. The zero-order valence-corrected chi connectivity index (χ0v) is 15.6. The number of nitrogens with one attached hydrogen (secondary N) is 1. The summed E-state index contributed by atoms with van der Waals surface area (Å²) in [6.07, 6.45) is 2.80. The van der Waals surface area contributed by atoms with Crippen LogP contribution in [0.3, 0.4) is 0 Å². The van der Waals surface area contributed by atoms with Crippen LogP contribution in [0, 0.1) is 13.8 Å². The Bertz CT molecular complexity index is 1050. The number of ether oxygens (including phenoxy) is 2. The Kier molecular flexibility index (Phi) is 4.27. The highest BCUT2D eigenvalue weighted by atomic mass is 32.2. The third-order valence-electron chi connectivity index (χ3n) is 4.08. The normalized spacial score (nSPS) is 16.3. The van der Waals surface area contributed by atoms with E-state index >= 15 is 0 Å². The fraction of sp³-hybridized carbons (Fsp3) is 0.294. The molecule has 1 atom stereocenters. The van der Waals surface area contributed by atoms with Crippen molar-refractivity contribution < 1.29 is 22.4 Å². The van der Waals surface area contributed by atoms with E-state index in [-0.39, 0.29) is 16.8 Å². The minimum atomic E-state index is -3.81. The molecule has 0 bridgehead atoms. The predicted molar refractivity (Wildman–Crippen MR) is 95.4 cm³/mol. The van der Waals surface area contributed by atoms with Gasteiger partial charge in [0, 0.05) is 6.20 Å². The molecule has 1 unspecified atom stereocenters. The molecule has 1 N–H and O–H groups in total. The Balaban J connectivity index is 1.45. The van der Waals surface area contributed by atoms with Crippen molar-refractivity contribution in [2.24, 2.45) is 0 Å². The zero-order valence-electron chi connectivity index (χ0n) is 14.7. The second kappa shape index (κ2) is 6.62. The van der Waals surface area contributed by atoms with E-state index in [1.807, 2.05) is 24.3 Å². The minimum Gasteiger partial charge on any atom is -0.486 e. The van der Waals surface area contributed by atoms with Crippen molar-refractivity contribution in [2.45, 2.75) is 31.4 Å². The first kappa shape index (κ1) is 17.4. The van der Waals surface area contributed by atoms with Gasteiger partial charge in [0.2, 0.25) is 0 Å². The number of fused-ring (bicyclic) bond motifs is 1. The summed E-state index contributed by atoms with van der Waals surface area (Å²) in [5, 5.41) is 7.87. The number of sulfonamides is 1. The number of para-hydroxylation sites is 2. The standard InChI is InChI=1S/C17H18N4O5S/c1-11-17(12(2)26-19-11)27(22,23)20-13-7-18-21(8-13)9-14-10-24-15-5-3-4-6-16(15)25-14/h3-8,14,20H,9-10H2,1-2H3. The highest BCUT2D eigenvalue weighted by molar-refractivity contribution is 7.92. The molecule has 27 heavy (non-hydrogen) atoms. The number of rotatable bonds is 5. The maximum absolute atomic E-state index is 12.5. The lowest BCUT2D eigenvalue weighted by molar-refractivity contribution is 0.0759. The van der Waals surface area contributed by atoms with Crippen LogP contribution in [0.1, 0.15) is 11.5 Å². The van der Waals surface area contributed by atoms with E-state index < -0.39 is 10.0 Å². The highest BCUT2D eigenvalue weighted by Crippen LogP contribution is 2.31. The number of hydrogen-bond donors (Lipinski definition) is 1. The molecule has 1 aliphatic rings. The summed E-state index contributed by atoms with van der Waals surface area (Å²) in [6, 6.07) is 7.45. The topological polar surface area (TPSA) is 108 Å². The highest BCUT2D eigenvalue weighted by Gasteiger charge is 2.25.